The van der Waals surface area contributed by atoms with Crippen LogP contribution in [0, 0.1) is 0 Å². The highest BCUT2D eigenvalue weighted by Gasteiger charge is 2.30. The first-order valence-corrected chi connectivity index (χ1v) is 8.22. The second kappa shape index (κ2) is 9.08. The molecule has 7 heteroatoms. The van der Waals surface area contributed by atoms with Crippen LogP contribution in [0.15, 0.2) is 46.9 Å². The second-order valence-corrected chi connectivity index (χ2v) is 6.49. The van der Waals surface area contributed by atoms with Crippen LogP contribution in [0.25, 0.3) is 0 Å². The lowest BCUT2D eigenvalue weighted by molar-refractivity contribution is -0.126. The Hall–Kier alpha value is -1.76. The molecule has 5 nitrogen and oxygen atoms in total. The first kappa shape index (κ1) is 21.3. The Bertz CT molecular complexity index is 721. The Kier molecular flexibility index (Phi) is 7.73. The molecule has 0 aromatic heterocycles. The predicted molar refractivity (Wildman–Crippen MR) is 104 cm³/mol. The number of benzene rings is 2. The van der Waals surface area contributed by atoms with Gasteiger partial charge in [-0.2, -0.15) is 0 Å². The van der Waals surface area contributed by atoms with E-state index in [1.165, 1.54) is 0 Å². The van der Waals surface area contributed by atoms with E-state index >= 15 is 0 Å². The average Bonchev–Trinajstić information content (AvgIpc) is 2.59. The van der Waals surface area contributed by atoms with Crippen molar-refractivity contribution in [2.24, 2.45) is 5.73 Å². The van der Waals surface area contributed by atoms with Gasteiger partial charge >= 0.3 is 0 Å². The molecule has 2 aromatic rings. The van der Waals surface area contributed by atoms with Gasteiger partial charge < -0.3 is 20.5 Å². The van der Waals surface area contributed by atoms with Crippen LogP contribution in [0.4, 0.5) is 0 Å². The van der Waals surface area contributed by atoms with Crippen molar-refractivity contribution in [3.63, 3.8) is 0 Å². The number of hydrogen-bond acceptors (Lipinski definition) is 4. The minimum atomic E-state index is -1.13. The lowest BCUT2D eigenvalue weighted by Gasteiger charge is -2.24. The molecule has 0 fully saturated rings. The molecule has 0 aliphatic carbocycles. The molecule has 0 aliphatic rings. The van der Waals surface area contributed by atoms with Crippen molar-refractivity contribution in [1.29, 1.82) is 0 Å². The third kappa shape index (κ3) is 5.11. The predicted octanol–water partition coefficient (Wildman–Crippen LogP) is 3.38. The van der Waals surface area contributed by atoms with E-state index in [2.05, 4.69) is 21.2 Å². The lowest BCUT2D eigenvalue weighted by Crippen LogP contribution is -2.48. The van der Waals surface area contributed by atoms with Gasteiger partial charge in [-0.1, -0.05) is 28.1 Å². The molecule has 1 unspecified atom stereocenters. The number of carbonyl (C=O) groups excluding carboxylic acids is 1. The zero-order chi connectivity index (χ0) is 17.7. The molecule has 0 spiro atoms. The van der Waals surface area contributed by atoms with E-state index in [0.29, 0.717) is 18.0 Å². The van der Waals surface area contributed by atoms with Crippen molar-refractivity contribution in [1.82, 2.24) is 5.32 Å². The van der Waals surface area contributed by atoms with E-state index < -0.39 is 5.54 Å². The number of methoxy groups -OCH3 is 2. The van der Waals surface area contributed by atoms with Gasteiger partial charge in [-0.3, -0.25) is 4.79 Å². The molecular formula is C18H22BrClN2O3. The quantitative estimate of drug-likeness (QED) is 0.738. The van der Waals surface area contributed by atoms with Gasteiger partial charge in [-0.05, 0) is 42.8 Å². The third-order valence-electron chi connectivity index (χ3n) is 3.84. The van der Waals surface area contributed by atoms with Crippen molar-refractivity contribution in [2.75, 3.05) is 14.2 Å². The fourth-order valence-electron chi connectivity index (χ4n) is 2.31. The highest BCUT2D eigenvalue weighted by Crippen LogP contribution is 2.25. The molecule has 0 radical (unpaired) electrons. The second-order valence-electron chi connectivity index (χ2n) is 5.57. The van der Waals surface area contributed by atoms with Crippen molar-refractivity contribution in [3.8, 4) is 11.5 Å². The minimum Gasteiger partial charge on any atom is -0.497 e. The largest absolute Gasteiger partial charge is 0.497 e. The van der Waals surface area contributed by atoms with Crippen molar-refractivity contribution < 1.29 is 14.3 Å². The summed E-state index contributed by atoms with van der Waals surface area (Å²) in [6.07, 6.45) is 0. The van der Waals surface area contributed by atoms with E-state index in [4.69, 9.17) is 15.2 Å². The molecule has 0 heterocycles. The van der Waals surface area contributed by atoms with Crippen LogP contribution in [0.1, 0.15) is 18.1 Å². The summed E-state index contributed by atoms with van der Waals surface area (Å²) in [6.45, 7) is 1.98. The fraction of sp³-hybridized carbons (Fsp3) is 0.278. The van der Waals surface area contributed by atoms with Gasteiger partial charge in [0.25, 0.3) is 0 Å². The first-order valence-electron chi connectivity index (χ1n) is 7.42. The van der Waals surface area contributed by atoms with E-state index in [0.717, 1.165) is 15.6 Å². The number of halogens is 2. The van der Waals surface area contributed by atoms with Gasteiger partial charge in [0.2, 0.25) is 5.91 Å². The van der Waals surface area contributed by atoms with Crippen LogP contribution in [0.5, 0.6) is 11.5 Å². The molecule has 0 saturated heterocycles. The van der Waals surface area contributed by atoms with Gasteiger partial charge in [0.15, 0.2) is 0 Å². The van der Waals surface area contributed by atoms with Crippen LogP contribution >= 0.6 is 28.3 Å². The summed E-state index contributed by atoms with van der Waals surface area (Å²) in [7, 11) is 3.18. The van der Waals surface area contributed by atoms with Crippen LogP contribution in [0.3, 0.4) is 0 Å². The maximum absolute atomic E-state index is 12.6. The number of rotatable bonds is 6. The maximum Gasteiger partial charge on any atom is 0.244 e. The van der Waals surface area contributed by atoms with Crippen LogP contribution < -0.4 is 20.5 Å². The molecule has 1 atom stereocenters. The average molecular weight is 430 g/mol. The third-order valence-corrected chi connectivity index (χ3v) is 4.37. The van der Waals surface area contributed by atoms with E-state index in [-0.39, 0.29) is 18.3 Å². The Morgan fingerprint density at radius 2 is 1.80 bits per heavy atom. The summed E-state index contributed by atoms with van der Waals surface area (Å²) in [5, 5.41) is 2.87. The van der Waals surface area contributed by atoms with Crippen molar-refractivity contribution >= 4 is 34.2 Å². The molecular weight excluding hydrogens is 408 g/mol. The van der Waals surface area contributed by atoms with Crippen LogP contribution in [-0.4, -0.2) is 20.1 Å². The van der Waals surface area contributed by atoms with Gasteiger partial charge in [-0.25, -0.2) is 0 Å². The summed E-state index contributed by atoms with van der Waals surface area (Å²) in [6, 6.07) is 12.8. The summed E-state index contributed by atoms with van der Waals surface area (Å²) in [5.74, 6) is 1.11. The maximum atomic E-state index is 12.6. The zero-order valence-corrected chi connectivity index (χ0v) is 16.7. The van der Waals surface area contributed by atoms with Crippen LogP contribution in [-0.2, 0) is 16.9 Å². The molecule has 1 amide bonds. The monoisotopic (exact) mass is 428 g/mol. The zero-order valence-electron chi connectivity index (χ0n) is 14.3. The highest BCUT2D eigenvalue weighted by atomic mass is 79.9. The van der Waals surface area contributed by atoms with Crippen LogP contribution in [0.2, 0.25) is 0 Å². The molecule has 2 rings (SSSR count). The molecule has 25 heavy (non-hydrogen) atoms. The summed E-state index contributed by atoms with van der Waals surface area (Å²) in [4.78, 5) is 12.6. The fourth-order valence-corrected chi connectivity index (χ4v) is 2.57. The number of nitrogens with one attached hydrogen (secondary N) is 1. The Morgan fingerprint density at radius 3 is 2.36 bits per heavy atom. The number of nitrogens with two attached hydrogens (primary N) is 1. The Morgan fingerprint density at radius 1 is 1.16 bits per heavy atom. The molecule has 0 aliphatic heterocycles. The molecule has 136 valence electrons. The number of amides is 1. The molecule has 3 N–H and O–H groups in total. The normalized spacial score (nSPS) is 12.5. The standard InChI is InChI=1S/C18H21BrN2O3.ClH/c1-18(20,13-4-6-14(19)7-5-13)17(22)21-11-12-10-15(23-2)8-9-16(12)24-3;/h4-10H,11,20H2,1-3H3,(H,21,22);1H. The topological polar surface area (TPSA) is 73.6 Å². The first-order chi connectivity index (χ1) is 11.4. The summed E-state index contributed by atoms with van der Waals surface area (Å²) in [5.41, 5.74) is 6.66. The van der Waals surface area contributed by atoms with Gasteiger partial charge in [0, 0.05) is 16.6 Å². The SMILES string of the molecule is COc1ccc(OC)c(CNC(=O)C(C)(N)c2ccc(Br)cc2)c1.Cl. The number of carbonyl (C=O) groups is 1. The van der Waals surface area contributed by atoms with E-state index in [1.54, 1.807) is 33.3 Å². The van der Waals surface area contributed by atoms with Gasteiger partial charge in [0.05, 0.1) is 14.2 Å². The van der Waals surface area contributed by atoms with Crippen molar-refractivity contribution in [2.45, 2.75) is 19.0 Å². The number of ether oxygens (including phenoxy) is 2. The van der Waals surface area contributed by atoms with E-state index in [9.17, 15) is 4.79 Å². The summed E-state index contributed by atoms with van der Waals surface area (Å²) >= 11 is 3.37. The molecule has 2 aromatic carbocycles. The lowest BCUT2D eigenvalue weighted by atomic mass is 9.92. The summed E-state index contributed by atoms with van der Waals surface area (Å²) < 4.78 is 11.5. The Labute approximate surface area is 162 Å². The number of hydrogen-bond donors (Lipinski definition) is 2. The van der Waals surface area contributed by atoms with Crippen molar-refractivity contribution in [3.05, 3.63) is 58.1 Å². The van der Waals surface area contributed by atoms with Gasteiger partial charge in [-0.15, -0.1) is 12.4 Å². The molecule has 0 saturated carbocycles. The highest BCUT2D eigenvalue weighted by molar-refractivity contribution is 9.10. The minimum absolute atomic E-state index is 0. The van der Waals surface area contributed by atoms with E-state index in [1.807, 2.05) is 30.3 Å². The van der Waals surface area contributed by atoms with Gasteiger partial charge in [0.1, 0.15) is 17.0 Å². The smallest absolute Gasteiger partial charge is 0.244 e. The Balaban J connectivity index is 0.00000312. The molecule has 0 bridgehead atoms.